The summed E-state index contributed by atoms with van der Waals surface area (Å²) in [5.41, 5.74) is 2.14. The standard InChI is InChI=1S/C40H36O11.C25H24O6/c1-18(2)4-8-26-38(50)36-33(48)17-32(47)35(40(36)51-39(26)25-11-7-22(43)16-31(25)46)28-13-19(3)12-27(23-9-5-20(41)14-29(23)44)34(28)37(49)24-10-6-21(42)15-30(24)45;1-13(2)5-7-17-22(29)21-19(28)12-20-16(9-10-25(3,4)31-20)24(21)30-23(17)15-8-6-14(26)11-18(15)27/h4-7,9-11,13-17,27-28,34,41-48H,8,12H2,1-3H3;5-6,8-12,26-28H,7H2,1-4H3/t27?,28-,34-;/m0./s1. The Labute approximate surface area is 469 Å². The number of phenolic OH excluding ortho intramolecular Hbond substituents is 11. The molecule has 1 unspecified atom stereocenters. The molecule has 10 rings (SSSR count). The van der Waals surface area contributed by atoms with Crippen molar-refractivity contribution in [3.63, 3.8) is 0 Å². The van der Waals surface area contributed by atoms with Crippen LogP contribution in [0.1, 0.15) is 105 Å². The van der Waals surface area contributed by atoms with E-state index in [1.807, 2.05) is 53.7 Å². The molecule has 11 N–H and O–H groups in total. The van der Waals surface area contributed by atoms with E-state index in [1.165, 1.54) is 60.7 Å². The zero-order chi connectivity index (χ0) is 59.4. The number of hydrogen-bond donors (Lipinski definition) is 11. The van der Waals surface area contributed by atoms with Crippen molar-refractivity contribution in [1.82, 2.24) is 0 Å². The van der Waals surface area contributed by atoms with Crippen LogP contribution in [0.2, 0.25) is 0 Å². The third-order valence-electron chi connectivity index (χ3n) is 14.5. The molecule has 8 aromatic rings. The number of carbonyl (C=O) groups is 1. The van der Waals surface area contributed by atoms with Gasteiger partial charge in [-0.15, -0.1) is 0 Å². The zero-order valence-corrected chi connectivity index (χ0v) is 45.7. The highest BCUT2D eigenvalue weighted by Gasteiger charge is 2.44. The minimum absolute atomic E-state index is 0.0395. The van der Waals surface area contributed by atoms with Crippen LogP contribution in [0.4, 0.5) is 0 Å². The molecule has 0 bridgehead atoms. The number of Topliss-reactive ketones (excluding diaryl/α,β-unsaturated/α-hetero) is 1. The summed E-state index contributed by atoms with van der Waals surface area (Å²) in [6.45, 7) is 13.0. The van der Waals surface area contributed by atoms with Crippen LogP contribution < -0.4 is 15.6 Å². The van der Waals surface area contributed by atoms with Crippen LogP contribution in [0.15, 0.2) is 144 Å². The quantitative estimate of drug-likeness (QED) is 0.0448. The Morgan fingerprint density at radius 2 is 1.07 bits per heavy atom. The van der Waals surface area contributed by atoms with Gasteiger partial charge in [-0.3, -0.25) is 14.4 Å². The normalized spacial score (nSPS) is 16.1. The molecule has 6 aromatic carbocycles. The molecule has 0 saturated carbocycles. The van der Waals surface area contributed by atoms with E-state index in [4.69, 9.17) is 13.6 Å². The second-order valence-corrected chi connectivity index (χ2v) is 21.6. The molecule has 1 aliphatic carbocycles. The summed E-state index contributed by atoms with van der Waals surface area (Å²) in [6, 6.07) is 17.7. The summed E-state index contributed by atoms with van der Waals surface area (Å²) < 4.78 is 18.6. The maximum absolute atomic E-state index is 14.6. The van der Waals surface area contributed by atoms with Gasteiger partial charge in [-0.05, 0) is 128 Å². The highest BCUT2D eigenvalue weighted by molar-refractivity contribution is 6.03. The largest absolute Gasteiger partial charge is 0.508 e. The zero-order valence-electron chi connectivity index (χ0n) is 45.7. The van der Waals surface area contributed by atoms with Gasteiger partial charge >= 0.3 is 0 Å². The Bertz CT molecular complexity index is 4180. The summed E-state index contributed by atoms with van der Waals surface area (Å²) in [5.74, 6) is -6.96. The van der Waals surface area contributed by atoms with Gasteiger partial charge in [-0.2, -0.15) is 0 Å². The molecule has 422 valence electrons. The lowest BCUT2D eigenvalue weighted by Crippen LogP contribution is -2.32. The van der Waals surface area contributed by atoms with Gasteiger partial charge in [0.1, 0.15) is 102 Å². The number of carbonyl (C=O) groups excluding carboxylic acids is 1. The Morgan fingerprint density at radius 3 is 1.60 bits per heavy atom. The highest BCUT2D eigenvalue weighted by atomic mass is 16.5. The molecule has 1 aliphatic heterocycles. The number of ether oxygens (including phenoxy) is 1. The number of allylic oxidation sites excluding steroid dienone is 6. The SMILES string of the molecule is CC(C)=CCc1c(-c2ccc(O)cc2O)oc2c([C@H]3C=C(C)CC(c4ccc(O)cc4O)[C@@H]3C(=O)c3ccc(O)cc3O)c(O)cc(O)c2c1=O.CC(C)=CCc1c(-c2ccc(O)cc2O)oc2c3c(cc(O)c2c1=O)OC(C)(C)C=C3. The fourth-order valence-electron chi connectivity index (χ4n) is 10.6. The number of ketones is 1. The molecular formula is C65H60O17. The molecule has 2 aliphatic rings. The van der Waals surface area contributed by atoms with Gasteiger partial charge in [0.25, 0.3) is 0 Å². The van der Waals surface area contributed by atoms with Gasteiger partial charge < -0.3 is 69.7 Å². The fraction of sp³-hybridized carbons (Fsp3) is 0.215. The van der Waals surface area contributed by atoms with E-state index in [-0.39, 0.29) is 132 Å². The Kier molecular flexibility index (Phi) is 15.1. The van der Waals surface area contributed by atoms with E-state index in [9.17, 15) is 70.6 Å². The lowest BCUT2D eigenvalue weighted by molar-refractivity contribution is 0.0877. The average Bonchev–Trinajstić information content (AvgIpc) is 3.58. The van der Waals surface area contributed by atoms with Crippen molar-refractivity contribution in [3.8, 4) is 91.6 Å². The number of fused-ring (bicyclic) bond motifs is 4. The summed E-state index contributed by atoms with van der Waals surface area (Å²) in [4.78, 5) is 42.5. The van der Waals surface area contributed by atoms with Crippen molar-refractivity contribution in [2.45, 2.75) is 85.2 Å². The fourth-order valence-corrected chi connectivity index (χ4v) is 10.6. The molecule has 0 spiro atoms. The van der Waals surface area contributed by atoms with Crippen molar-refractivity contribution in [2.75, 3.05) is 0 Å². The van der Waals surface area contributed by atoms with Crippen molar-refractivity contribution < 1.29 is 74.5 Å². The van der Waals surface area contributed by atoms with E-state index in [1.54, 1.807) is 25.2 Å². The van der Waals surface area contributed by atoms with Crippen LogP contribution in [0, 0.1) is 5.92 Å². The smallest absolute Gasteiger partial charge is 0.200 e. The summed E-state index contributed by atoms with van der Waals surface area (Å²) in [7, 11) is 0. The van der Waals surface area contributed by atoms with E-state index in [2.05, 4.69) is 0 Å². The van der Waals surface area contributed by atoms with Crippen LogP contribution >= 0.6 is 0 Å². The second kappa shape index (κ2) is 21.9. The minimum atomic E-state index is -1.21. The maximum atomic E-state index is 14.6. The second-order valence-electron chi connectivity index (χ2n) is 21.6. The average molecular weight is 1110 g/mol. The molecule has 3 heterocycles. The van der Waals surface area contributed by atoms with Gasteiger partial charge in [0, 0.05) is 70.8 Å². The first kappa shape index (κ1) is 56.7. The van der Waals surface area contributed by atoms with Gasteiger partial charge in [-0.25, -0.2) is 0 Å². The predicted molar refractivity (Wildman–Crippen MR) is 309 cm³/mol. The molecule has 82 heavy (non-hydrogen) atoms. The number of phenols is 11. The number of aromatic hydroxyl groups is 11. The van der Waals surface area contributed by atoms with Crippen LogP contribution in [-0.2, 0) is 12.8 Å². The van der Waals surface area contributed by atoms with Gasteiger partial charge in [-0.1, -0.05) is 41.0 Å². The van der Waals surface area contributed by atoms with Crippen LogP contribution in [0.3, 0.4) is 0 Å². The first-order valence-electron chi connectivity index (χ1n) is 26.1. The Hall–Kier alpha value is -10.0. The minimum Gasteiger partial charge on any atom is -0.508 e. The molecule has 2 aromatic heterocycles. The van der Waals surface area contributed by atoms with Gasteiger partial charge in [0.2, 0.25) is 10.9 Å². The van der Waals surface area contributed by atoms with Crippen LogP contribution in [-0.4, -0.2) is 67.6 Å². The summed E-state index contributed by atoms with van der Waals surface area (Å²) >= 11 is 0. The number of benzene rings is 6. The molecule has 0 amide bonds. The van der Waals surface area contributed by atoms with E-state index in [0.717, 1.165) is 41.0 Å². The Balaban J connectivity index is 0.000000223. The van der Waals surface area contributed by atoms with Gasteiger partial charge in [0.05, 0.1) is 22.3 Å². The molecule has 17 nitrogen and oxygen atoms in total. The first-order chi connectivity index (χ1) is 38.7. The van der Waals surface area contributed by atoms with Crippen molar-refractivity contribution in [1.29, 1.82) is 0 Å². The lowest BCUT2D eigenvalue weighted by Gasteiger charge is -2.37. The molecule has 3 atom stereocenters. The van der Waals surface area contributed by atoms with E-state index in [0.29, 0.717) is 16.9 Å². The number of hydrogen-bond acceptors (Lipinski definition) is 17. The molecule has 17 heteroatoms. The maximum Gasteiger partial charge on any atom is 0.200 e. The Morgan fingerprint density at radius 1 is 0.585 bits per heavy atom. The van der Waals surface area contributed by atoms with Crippen molar-refractivity contribution in [2.24, 2.45) is 5.92 Å². The van der Waals surface area contributed by atoms with E-state index < -0.39 is 57.6 Å². The predicted octanol–water partition coefficient (Wildman–Crippen LogP) is 12.6. The summed E-state index contributed by atoms with van der Waals surface area (Å²) in [5, 5.41) is 116. The topological polar surface area (TPSA) is 309 Å². The van der Waals surface area contributed by atoms with Crippen molar-refractivity contribution in [3.05, 3.63) is 180 Å². The van der Waals surface area contributed by atoms with E-state index >= 15 is 0 Å². The first-order valence-corrected chi connectivity index (χ1v) is 26.1. The number of rotatable bonds is 10. The molecule has 0 saturated heterocycles. The molecular weight excluding hydrogens is 1050 g/mol. The molecule has 0 fully saturated rings. The van der Waals surface area contributed by atoms with Crippen molar-refractivity contribution >= 4 is 33.8 Å². The third kappa shape index (κ3) is 10.9. The summed E-state index contributed by atoms with van der Waals surface area (Å²) in [6.07, 6.45) is 9.52. The van der Waals surface area contributed by atoms with Gasteiger partial charge in [0.15, 0.2) is 11.4 Å². The third-order valence-corrected chi connectivity index (χ3v) is 14.5. The molecule has 0 radical (unpaired) electrons. The van der Waals surface area contributed by atoms with Crippen LogP contribution in [0.25, 0.3) is 50.7 Å². The highest BCUT2D eigenvalue weighted by Crippen LogP contribution is 2.54. The van der Waals surface area contributed by atoms with Crippen LogP contribution in [0.5, 0.6) is 69.0 Å². The monoisotopic (exact) mass is 1110 g/mol. The lowest BCUT2D eigenvalue weighted by atomic mass is 9.65.